The molecular formula is C16H25N3O4S. The second kappa shape index (κ2) is 8.57. The predicted molar refractivity (Wildman–Crippen MR) is 92.4 cm³/mol. The van der Waals surface area contributed by atoms with E-state index in [2.05, 4.69) is 10.2 Å². The van der Waals surface area contributed by atoms with Crippen LogP contribution in [0.15, 0.2) is 29.2 Å². The second-order valence-corrected chi connectivity index (χ2v) is 7.74. The van der Waals surface area contributed by atoms with Crippen LogP contribution in [0.3, 0.4) is 0 Å². The van der Waals surface area contributed by atoms with Gasteiger partial charge in [0.05, 0.1) is 4.90 Å². The normalized spacial score (nSPS) is 16.9. The van der Waals surface area contributed by atoms with Crippen molar-refractivity contribution in [2.45, 2.75) is 18.2 Å². The fraction of sp³-hybridized carbons (Fsp3) is 0.562. The molecule has 1 N–H and O–H groups in total. The lowest BCUT2D eigenvalue weighted by molar-refractivity contribution is -0.114. The second-order valence-electron chi connectivity index (χ2n) is 5.80. The molecule has 0 bridgehead atoms. The van der Waals surface area contributed by atoms with Crippen molar-refractivity contribution in [1.29, 1.82) is 0 Å². The number of methoxy groups -OCH3 is 1. The third kappa shape index (κ3) is 5.01. The average Bonchev–Trinajstić information content (AvgIpc) is 2.55. The van der Waals surface area contributed by atoms with E-state index in [-0.39, 0.29) is 10.8 Å². The van der Waals surface area contributed by atoms with Crippen molar-refractivity contribution in [1.82, 2.24) is 9.21 Å². The standard InChI is InChI=1S/C16H25N3O4S/c1-14(20)17-15-4-6-16(7-5-15)24(21,22)19-11-9-18(10-12-19)8-3-13-23-2/h4-7H,3,8-13H2,1-2H3,(H,17,20). The molecule has 1 aliphatic heterocycles. The van der Waals surface area contributed by atoms with E-state index >= 15 is 0 Å². The molecule has 0 atom stereocenters. The number of ether oxygens (including phenoxy) is 1. The number of carbonyl (C=O) groups excluding carboxylic acids is 1. The largest absolute Gasteiger partial charge is 0.385 e. The number of amides is 1. The molecule has 8 heteroatoms. The number of hydrogen-bond acceptors (Lipinski definition) is 5. The van der Waals surface area contributed by atoms with Crippen LogP contribution in [0, 0.1) is 0 Å². The number of carbonyl (C=O) groups is 1. The Hall–Kier alpha value is -1.48. The van der Waals surface area contributed by atoms with Crippen molar-refractivity contribution in [3.8, 4) is 0 Å². The molecule has 0 aromatic heterocycles. The maximum absolute atomic E-state index is 12.7. The number of hydrogen-bond donors (Lipinski definition) is 1. The van der Waals surface area contributed by atoms with Gasteiger partial charge in [-0.15, -0.1) is 0 Å². The highest BCUT2D eigenvalue weighted by Gasteiger charge is 2.28. The van der Waals surface area contributed by atoms with Gasteiger partial charge in [-0.2, -0.15) is 4.31 Å². The van der Waals surface area contributed by atoms with Crippen LogP contribution in [0.4, 0.5) is 5.69 Å². The van der Waals surface area contributed by atoms with Gasteiger partial charge in [0.25, 0.3) is 0 Å². The summed E-state index contributed by atoms with van der Waals surface area (Å²) < 4.78 is 31.9. The maximum Gasteiger partial charge on any atom is 0.243 e. The van der Waals surface area contributed by atoms with Gasteiger partial charge in [-0.3, -0.25) is 4.79 Å². The number of rotatable bonds is 7. The zero-order valence-electron chi connectivity index (χ0n) is 14.2. The summed E-state index contributed by atoms with van der Waals surface area (Å²) in [7, 11) is -1.80. The van der Waals surface area contributed by atoms with E-state index in [1.165, 1.54) is 23.4 Å². The summed E-state index contributed by atoms with van der Waals surface area (Å²) in [5.74, 6) is -0.185. The molecule has 0 saturated carbocycles. The molecule has 1 fully saturated rings. The van der Waals surface area contributed by atoms with Crippen LogP contribution in [0.5, 0.6) is 0 Å². The summed E-state index contributed by atoms with van der Waals surface area (Å²) in [6, 6.07) is 6.28. The van der Waals surface area contributed by atoms with Crippen molar-refractivity contribution in [3.05, 3.63) is 24.3 Å². The molecule has 1 saturated heterocycles. The quantitative estimate of drug-likeness (QED) is 0.738. The van der Waals surface area contributed by atoms with E-state index in [4.69, 9.17) is 4.74 Å². The number of sulfonamides is 1. The molecule has 24 heavy (non-hydrogen) atoms. The Kier molecular flexibility index (Phi) is 6.73. The molecule has 0 unspecified atom stereocenters. The summed E-state index contributed by atoms with van der Waals surface area (Å²) >= 11 is 0. The van der Waals surface area contributed by atoms with Gasteiger partial charge in [0.2, 0.25) is 15.9 Å². The fourth-order valence-electron chi connectivity index (χ4n) is 2.69. The van der Waals surface area contributed by atoms with Crippen LogP contribution in [-0.4, -0.2) is 70.0 Å². The summed E-state index contributed by atoms with van der Waals surface area (Å²) in [4.78, 5) is 13.5. The minimum absolute atomic E-state index is 0.185. The summed E-state index contributed by atoms with van der Waals surface area (Å²) in [6.45, 7) is 5.49. The summed E-state index contributed by atoms with van der Waals surface area (Å²) in [5, 5.41) is 2.63. The van der Waals surface area contributed by atoms with Crippen molar-refractivity contribution >= 4 is 21.6 Å². The first-order valence-corrected chi connectivity index (χ1v) is 9.46. The Labute approximate surface area is 143 Å². The SMILES string of the molecule is COCCCN1CCN(S(=O)(=O)c2ccc(NC(C)=O)cc2)CC1. The molecule has 2 rings (SSSR count). The number of nitrogens with zero attached hydrogens (tertiary/aromatic N) is 2. The first-order chi connectivity index (χ1) is 11.4. The van der Waals surface area contributed by atoms with E-state index in [0.29, 0.717) is 18.8 Å². The predicted octanol–water partition coefficient (Wildman–Crippen LogP) is 0.988. The van der Waals surface area contributed by atoms with Crippen molar-refractivity contribution < 1.29 is 17.9 Å². The maximum atomic E-state index is 12.7. The zero-order valence-corrected chi connectivity index (χ0v) is 15.0. The Morgan fingerprint density at radius 2 is 1.79 bits per heavy atom. The van der Waals surface area contributed by atoms with Gasteiger partial charge >= 0.3 is 0 Å². The van der Waals surface area contributed by atoms with E-state index in [1.807, 2.05) is 0 Å². The van der Waals surface area contributed by atoms with Crippen molar-refractivity contribution in [3.63, 3.8) is 0 Å². The minimum Gasteiger partial charge on any atom is -0.385 e. The van der Waals surface area contributed by atoms with Crippen LogP contribution in [0.25, 0.3) is 0 Å². The van der Waals surface area contributed by atoms with Gasteiger partial charge in [0.15, 0.2) is 0 Å². The van der Waals surface area contributed by atoms with Gasteiger partial charge in [-0.25, -0.2) is 8.42 Å². The minimum atomic E-state index is -3.49. The number of piperazine rings is 1. The summed E-state index contributed by atoms with van der Waals surface area (Å²) in [6.07, 6.45) is 0.952. The smallest absolute Gasteiger partial charge is 0.243 e. The number of anilines is 1. The van der Waals surface area contributed by atoms with Gasteiger partial charge in [0.1, 0.15) is 0 Å². The summed E-state index contributed by atoms with van der Waals surface area (Å²) in [5.41, 5.74) is 0.587. The van der Waals surface area contributed by atoms with Crippen LogP contribution in [-0.2, 0) is 19.6 Å². The van der Waals surface area contributed by atoms with Crippen LogP contribution >= 0.6 is 0 Å². The first kappa shape index (κ1) is 18.9. The van der Waals surface area contributed by atoms with E-state index in [9.17, 15) is 13.2 Å². The van der Waals surface area contributed by atoms with Crippen molar-refractivity contribution in [2.24, 2.45) is 0 Å². The molecule has 0 spiro atoms. The molecule has 1 aliphatic rings. The number of nitrogens with one attached hydrogen (secondary N) is 1. The van der Waals surface area contributed by atoms with Crippen LogP contribution < -0.4 is 5.32 Å². The highest BCUT2D eigenvalue weighted by molar-refractivity contribution is 7.89. The Bertz CT molecular complexity index is 638. The Balaban J connectivity index is 1.95. The lowest BCUT2D eigenvalue weighted by Crippen LogP contribution is -2.48. The molecular weight excluding hydrogens is 330 g/mol. The lowest BCUT2D eigenvalue weighted by atomic mass is 10.3. The zero-order chi connectivity index (χ0) is 17.6. The van der Waals surface area contributed by atoms with Crippen LogP contribution in [0.1, 0.15) is 13.3 Å². The van der Waals surface area contributed by atoms with E-state index < -0.39 is 10.0 Å². The van der Waals surface area contributed by atoms with Gasteiger partial charge in [-0.1, -0.05) is 0 Å². The third-order valence-corrected chi connectivity index (χ3v) is 5.88. The highest BCUT2D eigenvalue weighted by Crippen LogP contribution is 2.20. The molecule has 1 heterocycles. The third-order valence-electron chi connectivity index (χ3n) is 3.97. The van der Waals surface area contributed by atoms with Crippen LogP contribution in [0.2, 0.25) is 0 Å². The fourth-order valence-corrected chi connectivity index (χ4v) is 4.11. The molecule has 0 aliphatic carbocycles. The topological polar surface area (TPSA) is 79.0 Å². The molecule has 7 nitrogen and oxygen atoms in total. The Morgan fingerprint density at radius 3 is 2.33 bits per heavy atom. The molecule has 1 amide bonds. The van der Waals surface area contributed by atoms with Gasteiger partial charge < -0.3 is 15.0 Å². The molecule has 0 radical (unpaired) electrons. The molecule has 1 aromatic rings. The average molecular weight is 355 g/mol. The molecule has 134 valence electrons. The van der Waals surface area contributed by atoms with E-state index in [0.717, 1.165) is 32.7 Å². The van der Waals surface area contributed by atoms with E-state index in [1.54, 1.807) is 19.2 Å². The lowest BCUT2D eigenvalue weighted by Gasteiger charge is -2.33. The molecule has 1 aromatic carbocycles. The first-order valence-electron chi connectivity index (χ1n) is 8.02. The van der Waals surface area contributed by atoms with Gasteiger partial charge in [-0.05, 0) is 30.7 Å². The highest BCUT2D eigenvalue weighted by atomic mass is 32.2. The van der Waals surface area contributed by atoms with Gasteiger partial charge in [0, 0.05) is 59.1 Å². The van der Waals surface area contributed by atoms with Crippen molar-refractivity contribution in [2.75, 3.05) is 51.8 Å². The monoisotopic (exact) mass is 355 g/mol. The number of benzene rings is 1. The Morgan fingerprint density at radius 1 is 1.17 bits per heavy atom.